The number of carbonyl (C=O) groups excluding carboxylic acids is 3. The molecule has 97 heavy (non-hydrogen) atoms. The van der Waals surface area contributed by atoms with Crippen LogP contribution in [-0.4, -0.2) is 82.3 Å². The highest BCUT2D eigenvalue weighted by atomic mass is 16.7. The monoisotopic (exact) mass is 1340 g/mol. The van der Waals surface area contributed by atoms with Gasteiger partial charge in [0.15, 0.2) is 12.4 Å². The SMILES string of the molecule is CC/C=C\C/C=C\C/C=C\C/C=C\C/C=C\C/C=C\C/C=C\C/C=C\C/C=C\C/C=C\C/C=C\CCCCCCCCCC(=O)OC(COC(=O)CCCCCCCCCCC/C=C\C/C=C\C/C=C\C/C=C\C/C=C\C/C=C\C/C=C\CC)COC(OCC[N+](C)(C)C)C(=O)[O-]. The Balaban J connectivity index is 4.21. The van der Waals surface area contributed by atoms with Crippen LogP contribution < -0.4 is 5.11 Å². The van der Waals surface area contributed by atoms with Crippen LogP contribution in [0.5, 0.6) is 0 Å². The molecule has 0 rings (SSSR count). The highest BCUT2D eigenvalue weighted by molar-refractivity contribution is 5.70. The van der Waals surface area contributed by atoms with Crippen molar-refractivity contribution in [2.24, 2.45) is 0 Å². The predicted octanol–water partition coefficient (Wildman–Crippen LogP) is 23.1. The van der Waals surface area contributed by atoms with Crippen molar-refractivity contribution in [3.63, 3.8) is 0 Å². The van der Waals surface area contributed by atoms with Crippen LogP contribution in [0.15, 0.2) is 219 Å². The fourth-order valence-corrected chi connectivity index (χ4v) is 9.52. The molecule has 0 aliphatic carbocycles. The Kier molecular flexibility index (Phi) is 70.4. The van der Waals surface area contributed by atoms with Gasteiger partial charge in [-0.3, -0.25) is 9.59 Å². The Labute approximate surface area is 594 Å². The lowest BCUT2D eigenvalue weighted by molar-refractivity contribution is -0.870. The molecule has 0 saturated carbocycles. The van der Waals surface area contributed by atoms with E-state index < -0.39 is 24.3 Å². The average Bonchev–Trinajstić information content (AvgIpc) is 3.27. The molecule has 0 aliphatic rings. The van der Waals surface area contributed by atoms with Crippen molar-refractivity contribution in [3.05, 3.63) is 219 Å². The van der Waals surface area contributed by atoms with Crippen molar-refractivity contribution in [3.8, 4) is 0 Å². The number of carboxylic acids is 1. The van der Waals surface area contributed by atoms with Gasteiger partial charge in [0, 0.05) is 12.8 Å². The molecule has 0 amide bonds. The van der Waals surface area contributed by atoms with E-state index in [1.165, 1.54) is 44.9 Å². The molecule has 2 atom stereocenters. The Bertz CT molecular complexity index is 2400. The van der Waals surface area contributed by atoms with Gasteiger partial charge in [0.25, 0.3) is 0 Å². The van der Waals surface area contributed by atoms with Gasteiger partial charge in [0.1, 0.15) is 13.2 Å². The lowest BCUT2D eigenvalue weighted by Gasteiger charge is -2.26. The highest BCUT2D eigenvalue weighted by Crippen LogP contribution is 2.15. The van der Waals surface area contributed by atoms with Crippen LogP contribution in [0, 0.1) is 0 Å². The van der Waals surface area contributed by atoms with E-state index in [0.29, 0.717) is 17.4 Å². The number of hydrogen-bond donors (Lipinski definition) is 0. The van der Waals surface area contributed by atoms with E-state index in [1.807, 2.05) is 21.1 Å². The molecule has 2 unspecified atom stereocenters. The molecule has 0 N–H and O–H groups in total. The lowest BCUT2D eigenvalue weighted by Crippen LogP contribution is -2.44. The Morgan fingerprint density at radius 2 is 0.557 bits per heavy atom. The van der Waals surface area contributed by atoms with E-state index in [0.717, 1.165) is 180 Å². The lowest BCUT2D eigenvalue weighted by atomic mass is 10.1. The number of carboxylic acid groups (broad SMARTS) is 1. The van der Waals surface area contributed by atoms with Crippen LogP contribution in [0.2, 0.25) is 0 Å². The number of esters is 2. The van der Waals surface area contributed by atoms with E-state index in [2.05, 4.69) is 233 Å². The van der Waals surface area contributed by atoms with Crippen LogP contribution >= 0.6 is 0 Å². The standard InChI is InChI=1S/C88H137NO8/c1-6-8-10-12-14-16-18-20-22-24-26-28-30-32-34-36-38-39-40-41-42-43-44-45-46-47-49-51-53-55-57-59-61-63-65-67-69-71-73-75-77-79-86(91)97-84(83-96-88(87(92)93)94-81-80-89(3,4)5)82-95-85(90)78-76-74-72-70-68-66-64-62-60-58-56-54-52-50-48-37-35-33-31-29-27-25-23-21-19-17-15-13-11-9-7-2/h8-11,14-17,20-23,26-29,32-35,38-39,41-42,44-45,47-50,53-56,59,61,84,88H,6-7,12-13,18-19,24-25,30-31,36-37,40,43,46,51-52,57-58,60,62-83H2,1-5H3/b10-8-,11-9-,16-14-,17-15-,22-20-,23-21-,28-26-,29-27-,34-32-,35-33-,39-38-,42-41-,45-44-,49-47-,50-48-,55-53-,56-54-,61-59-. The van der Waals surface area contributed by atoms with Gasteiger partial charge in [-0.25, -0.2) is 0 Å². The van der Waals surface area contributed by atoms with Crippen molar-refractivity contribution in [1.29, 1.82) is 0 Å². The molecule has 0 aromatic heterocycles. The summed E-state index contributed by atoms with van der Waals surface area (Å²) in [6.45, 7) is 4.48. The van der Waals surface area contributed by atoms with Gasteiger partial charge < -0.3 is 33.3 Å². The van der Waals surface area contributed by atoms with Gasteiger partial charge in [-0.1, -0.05) is 310 Å². The molecular formula is C88H137NO8. The minimum absolute atomic E-state index is 0.132. The molecular weight excluding hydrogens is 1200 g/mol. The van der Waals surface area contributed by atoms with Crippen molar-refractivity contribution >= 4 is 17.9 Å². The van der Waals surface area contributed by atoms with Crippen LogP contribution in [0.25, 0.3) is 0 Å². The molecule has 0 saturated heterocycles. The molecule has 0 spiro atoms. The van der Waals surface area contributed by atoms with E-state index in [1.54, 1.807) is 0 Å². The number of aliphatic carboxylic acids is 1. The number of quaternary nitrogens is 1. The highest BCUT2D eigenvalue weighted by Gasteiger charge is 2.22. The van der Waals surface area contributed by atoms with Crippen molar-refractivity contribution < 1.29 is 42.9 Å². The Hall–Kier alpha value is -6.39. The molecule has 0 aromatic carbocycles. The molecule has 542 valence electrons. The molecule has 9 heteroatoms. The average molecular weight is 1340 g/mol. The van der Waals surface area contributed by atoms with Gasteiger partial charge in [-0.15, -0.1) is 0 Å². The number of hydrogen-bond acceptors (Lipinski definition) is 8. The van der Waals surface area contributed by atoms with Gasteiger partial charge in [-0.2, -0.15) is 0 Å². The molecule has 9 nitrogen and oxygen atoms in total. The third kappa shape index (κ3) is 76.8. The van der Waals surface area contributed by atoms with Crippen molar-refractivity contribution in [2.45, 2.75) is 270 Å². The molecule has 0 heterocycles. The van der Waals surface area contributed by atoms with Gasteiger partial charge >= 0.3 is 11.9 Å². The number of likely N-dealkylation sites (N-methyl/N-ethyl adjacent to an activating group) is 1. The maximum absolute atomic E-state index is 13.0. The number of nitrogens with zero attached hydrogens (tertiary/aromatic N) is 1. The Morgan fingerprint density at radius 1 is 0.309 bits per heavy atom. The number of carbonyl (C=O) groups is 3. The fourth-order valence-electron chi connectivity index (χ4n) is 9.52. The zero-order chi connectivity index (χ0) is 70.4. The minimum Gasteiger partial charge on any atom is -0.545 e. The minimum atomic E-state index is -1.64. The number of allylic oxidation sites excluding steroid dienone is 36. The summed E-state index contributed by atoms with van der Waals surface area (Å²) in [5.41, 5.74) is 0. The zero-order valence-electron chi connectivity index (χ0n) is 61.9. The molecule has 0 radical (unpaired) electrons. The smallest absolute Gasteiger partial charge is 0.306 e. The first-order valence-corrected chi connectivity index (χ1v) is 37.9. The maximum atomic E-state index is 13.0. The second-order valence-corrected chi connectivity index (χ2v) is 25.5. The van der Waals surface area contributed by atoms with Crippen LogP contribution in [0.1, 0.15) is 258 Å². The first-order chi connectivity index (χ1) is 47.6. The first kappa shape index (κ1) is 90.6. The summed E-state index contributed by atoms with van der Waals surface area (Å²) >= 11 is 0. The van der Waals surface area contributed by atoms with E-state index in [4.69, 9.17) is 18.9 Å². The molecule has 0 aliphatic heterocycles. The first-order valence-electron chi connectivity index (χ1n) is 37.9. The summed E-state index contributed by atoms with van der Waals surface area (Å²) in [5.74, 6) is -2.33. The van der Waals surface area contributed by atoms with E-state index >= 15 is 0 Å². The molecule has 0 fully saturated rings. The summed E-state index contributed by atoms with van der Waals surface area (Å²) in [6.07, 6.45) is 116. The largest absolute Gasteiger partial charge is 0.545 e. The second-order valence-electron chi connectivity index (χ2n) is 25.5. The molecule has 0 bridgehead atoms. The summed E-state index contributed by atoms with van der Waals surface area (Å²) in [6, 6.07) is 0. The third-order valence-corrected chi connectivity index (χ3v) is 15.2. The van der Waals surface area contributed by atoms with Gasteiger partial charge in [0.05, 0.1) is 40.3 Å². The Morgan fingerprint density at radius 3 is 0.825 bits per heavy atom. The third-order valence-electron chi connectivity index (χ3n) is 15.2. The van der Waals surface area contributed by atoms with Crippen LogP contribution in [0.4, 0.5) is 0 Å². The number of rotatable bonds is 67. The number of ether oxygens (including phenoxy) is 4. The van der Waals surface area contributed by atoms with Crippen molar-refractivity contribution in [1.82, 2.24) is 0 Å². The topological polar surface area (TPSA) is 111 Å². The van der Waals surface area contributed by atoms with Crippen LogP contribution in [-0.2, 0) is 33.3 Å². The summed E-state index contributed by atoms with van der Waals surface area (Å²) in [4.78, 5) is 37.6. The summed E-state index contributed by atoms with van der Waals surface area (Å²) in [5, 5.41) is 11.9. The molecule has 0 aromatic rings. The summed E-state index contributed by atoms with van der Waals surface area (Å²) < 4.78 is 22.8. The summed E-state index contributed by atoms with van der Waals surface area (Å²) in [7, 11) is 5.91. The van der Waals surface area contributed by atoms with E-state index in [-0.39, 0.29) is 38.6 Å². The van der Waals surface area contributed by atoms with E-state index in [9.17, 15) is 19.5 Å². The second kappa shape index (κ2) is 75.4. The van der Waals surface area contributed by atoms with Crippen LogP contribution in [0.3, 0.4) is 0 Å². The predicted molar refractivity (Wildman–Crippen MR) is 416 cm³/mol. The normalized spacial score (nSPS) is 13.9. The van der Waals surface area contributed by atoms with Crippen molar-refractivity contribution in [2.75, 3.05) is 47.5 Å². The quantitative estimate of drug-likeness (QED) is 0.0195. The maximum Gasteiger partial charge on any atom is 0.306 e. The number of unbranched alkanes of at least 4 members (excludes halogenated alkanes) is 16. The zero-order valence-corrected chi connectivity index (χ0v) is 61.9. The fraction of sp³-hybridized carbons (Fsp3) is 0.557. The van der Waals surface area contributed by atoms with Gasteiger partial charge in [-0.05, 0) is 154 Å². The van der Waals surface area contributed by atoms with Gasteiger partial charge in [0.2, 0.25) is 0 Å².